The van der Waals surface area contributed by atoms with Gasteiger partial charge in [-0.25, -0.2) is 8.42 Å². The zero-order chi connectivity index (χ0) is 25.7. The number of ether oxygens (including phenoxy) is 1. The standard InChI is InChI=1S/C26H40O7S2/c1-35(31,32)34-19-18-33-25(28)15-8-3-2-5-10-21-13-9-14-22(21)16-17-26(29,30)20-24(27)23-11-6-4-7-12-23/h2,4-7,11-12,21-22,24,27,29-30H,3,8-10,13-20H2,1H3/b5-2-. The number of carbonyl (C=O) groups is 1. The average molecular weight is 529 g/mol. The van der Waals surface area contributed by atoms with E-state index in [2.05, 4.69) is 12.2 Å². The van der Waals surface area contributed by atoms with Gasteiger partial charge in [-0.15, -0.1) is 0 Å². The van der Waals surface area contributed by atoms with E-state index in [-0.39, 0.29) is 31.2 Å². The Kier molecular flexibility index (Phi) is 12.8. The van der Waals surface area contributed by atoms with Crippen LogP contribution in [0.2, 0.25) is 0 Å². The van der Waals surface area contributed by atoms with E-state index in [0.29, 0.717) is 30.2 Å². The van der Waals surface area contributed by atoms with Gasteiger partial charge in [-0.2, -0.15) is 0 Å². The summed E-state index contributed by atoms with van der Waals surface area (Å²) in [4.78, 5) is 11.7. The minimum absolute atomic E-state index is 0.101. The Morgan fingerprint density at radius 1 is 1.20 bits per heavy atom. The summed E-state index contributed by atoms with van der Waals surface area (Å²) in [7, 11) is -2.33. The van der Waals surface area contributed by atoms with Crippen LogP contribution in [0.3, 0.4) is 0 Å². The van der Waals surface area contributed by atoms with Gasteiger partial charge in [0.2, 0.25) is 0 Å². The second-order valence-corrected chi connectivity index (χ2v) is 14.0. The first-order valence-electron chi connectivity index (χ1n) is 12.4. The maximum absolute atomic E-state index is 11.7. The van der Waals surface area contributed by atoms with Gasteiger partial charge in [0.25, 0.3) is 0 Å². The highest BCUT2D eigenvalue weighted by Gasteiger charge is 2.32. The first-order valence-corrected chi connectivity index (χ1v) is 15.8. The highest BCUT2D eigenvalue weighted by atomic mass is 33.1. The van der Waals surface area contributed by atoms with E-state index in [0.717, 1.165) is 55.6 Å². The summed E-state index contributed by atoms with van der Waals surface area (Å²) in [5.41, 5.74) is 0.683. The smallest absolute Gasteiger partial charge is 0.305 e. The van der Waals surface area contributed by atoms with Crippen molar-refractivity contribution in [2.75, 3.05) is 18.6 Å². The lowest BCUT2D eigenvalue weighted by molar-refractivity contribution is -0.188. The fraction of sp³-hybridized carbons (Fsp3) is 0.654. The van der Waals surface area contributed by atoms with E-state index in [1.165, 1.54) is 0 Å². The van der Waals surface area contributed by atoms with Crippen LogP contribution in [0.5, 0.6) is 0 Å². The van der Waals surface area contributed by atoms with Gasteiger partial charge in [0.15, 0.2) is 14.7 Å². The van der Waals surface area contributed by atoms with Crippen molar-refractivity contribution in [3.8, 4) is 0 Å². The Hall–Kier alpha value is -1.39. The van der Waals surface area contributed by atoms with E-state index in [1.807, 2.05) is 18.2 Å². The third-order valence-electron chi connectivity index (χ3n) is 6.44. The molecule has 3 atom stereocenters. The molecule has 0 saturated heterocycles. The Labute approximate surface area is 213 Å². The van der Waals surface area contributed by atoms with Crippen molar-refractivity contribution in [1.82, 2.24) is 0 Å². The normalized spacial score (nSPS) is 19.8. The first-order chi connectivity index (χ1) is 16.6. The topological polar surface area (TPSA) is 121 Å². The number of hydrogen-bond acceptors (Lipinski definition) is 8. The molecule has 1 fully saturated rings. The first kappa shape index (κ1) is 29.8. The molecule has 1 aliphatic rings. The van der Waals surface area contributed by atoms with Gasteiger partial charge in [-0.3, -0.25) is 4.79 Å². The highest BCUT2D eigenvalue weighted by molar-refractivity contribution is 8.71. The zero-order valence-corrected chi connectivity index (χ0v) is 22.2. The molecular weight excluding hydrogens is 488 g/mol. The minimum atomic E-state index is -3.11. The summed E-state index contributed by atoms with van der Waals surface area (Å²) < 4.78 is 27.1. The number of hydrogen-bond donors (Lipinski definition) is 3. The van der Waals surface area contributed by atoms with Gasteiger partial charge < -0.3 is 20.1 Å². The van der Waals surface area contributed by atoms with Gasteiger partial charge >= 0.3 is 5.97 Å². The minimum Gasteiger partial charge on any atom is -0.465 e. The zero-order valence-electron chi connectivity index (χ0n) is 20.5. The number of benzene rings is 1. The maximum atomic E-state index is 11.7. The number of aliphatic hydroxyl groups excluding tert-OH is 1. The van der Waals surface area contributed by atoms with Crippen LogP contribution in [0.15, 0.2) is 42.5 Å². The van der Waals surface area contributed by atoms with Crippen LogP contribution in [0.25, 0.3) is 0 Å². The van der Waals surface area contributed by atoms with E-state index in [4.69, 9.17) is 4.74 Å². The summed E-state index contributed by atoms with van der Waals surface area (Å²) >= 11 is 0. The van der Waals surface area contributed by atoms with E-state index >= 15 is 0 Å². The van der Waals surface area contributed by atoms with Crippen LogP contribution in [-0.2, 0) is 18.4 Å². The van der Waals surface area contributed by atoms with Crippen molar-refractivity contribution >= 4 is 25.6 Å². The van der Waals surface area contributed by atoms with Crippen molar-refractivity contribution in [3.05, 3.63) is 48.0 Å². The van der Waals surface area contributed by atoms with E-state index in [9.17, 15) is 28.5 Å². The lowest BCUT2D eigenvalue weighted by atomic mass is 9.86. The molecule has 7 nitrogen and oxygen atoms in total. The monoisotopic (exact) mass is 528 g/mol. The second kappa shape index (κ2) is 15.0. The Morgan fingerprint density at radius 3 is 2.63 bits per heavy atom. The molecule has 1 aromatic carbocycles. The summed E-state index contributed by atoms with van der Waals surface area (Å²) in [6, 6.07) is 9.06. The van der Waals surface area contributed by atoms with Gasteiger partial charge in [-0.1, -0.05) is 55.3 Å². The third-order valence-corrected chi connectivity index (χ3v) is 8.98. The van der Waals surface area contributed by atoms with Crippen LogP contribution in [0.1, 0.15) is 75.9 Å². The molecule has 3 unspecified atom stereocenters. The second-order valence-electron chi connectivity index (χ2n) is 9.45. The molecule has 1 aromatic rings. The lowest BCUT2D eigenvalue weighted by Crippen LogP contribution is -2.31. The highest BCUT2D eigenvalue weighted by Crippen LogP contribution is 2.39. The number of carbonyl (C=O) groups excluding carboxylic acids is 1. The SMILES string of the molecule is CS(=O)(=O)SCCOC(=O)CCC/C=C\CC1CCCC1CCC(O)(O)CC(O)c1ccccc1. The quantitative estimate of drug-likeness (QED) is 0.0953. The predicted octanol–water partition coefficient (Wildman–Crippen LogP) is 4.34. The van der Waals surface area contributed by atoms with Crippen molar-refractivity contribution in [3.63, 3.8) is 0 Å². The average Bonchev–Trinajstić information content (AvgIpc) is 3.25. The molecule has 2 rings (SSSR count). The van der Waals surface area contributed by atoms with E-state index < -0.39 is 20.8 Å². The summed E-state index contributed by atoms with van der Waals surface area (Å²) in [5.74, 6) is -1.01. The number of unbranched alkanes of at least 4 members (excludes halogenated alkanes) is 1. The molecule has 0 spiro atoms. The Bertz CT molecular complexity index is 884. The molecule has 0 bridgehead atoms. The molecule has 0 heterocycles. The van der Waals surface area contributed by atoms with Crippen molar-refractivity contribution in [1.29, 1.82) is 0 Å². The largest absolute Gasteiger partial charge is 0.465 e. The van der Waals surface area contributed by atoms with Gasteiger partial charge in [0, 0.05) is 31.3 Å². The summed E-state index contributed by atoms with van der Waals surface area (Å²) in [6.07, 6.45) is 11.4. The van der Waals surface area contributed by atoms with Gasteiger partial charge in [0.1, 0.15) is 6.61 Å². The van der Waals surface area contributed by atoms with E-state index in [1.54, 1.807) is 12.1 Å². The predicted molar refractivity (Wildman–Crippen MR) is 139 cm³/mol. The Morgan fingerprint density at radius 2 is 1.91 bits per heavy atom. The molecular formula is C26H40O7S2. The van der Waals surface area contributed by atoms with Crippen LogP contribution in [0, 0.1) is 11.8 Å². The molecule has 9 heteroatoms. The van der Waals surface area contributed by atoms with Gasteiger partial charge in [0.05, 0.1) is 6.10 Å². The van der Waals surface area contributed by atoms with Crippen LogP contribution >= 0.6 is 10.8 Å². The third kappa shape index (κ3) is 12.9. The van der Waals surface area contributed by atoms with Crippen LogP contribution < -0.4 is 0 Å². The molecule has 198 valence electrons. The molecule has 0 amide bonds. The number of aliphatic hydroxyl groups is 3. The summed E-state index contributed by atoms with van der Waals surface area (Å²) in [6.45, 7) is 0.101. The molecule has 0 radical (unpaired) electrons. The number of esters is 1. The van der Waals surface area contributed by atoms with Crippen molar-refractivity contribution in [2.45, 2.75) is 76.1 Å². The summed E-state index contributed by atoms with van der Waals surface area (Å²) in [5, 5.41) is 31.2. The molecule has 0 aromatic heterocycles. The molecule has 1 aliphatic carbocycles. The molecule has 35 heavy (non-hydrogen) atoms. The fourth-order valence-electron chi connectivity index (χ4n) is 4.59. The van der Waals surface area contributed by atoms with Crippen LogP contribution in [0.4, 0.5) is 0 Å². The van der Waals surface area contributed by atoms with Gasteiger partial charge in [-0.05, 0) is 60.3 Å². The van der Waals surface area contributed by atoms with Crippen molar-refractivity contribution in [2.24, 2.45) is 11.8 Å². The maximum Gasteiger partial charge on any atom is 0.305 e. The van der Waals surface area contributed by atoms with Crippen molar-refractivity contribution < 1.29 is 33.3 Å². The molecule has 3 N–H and O–H groups in total. The molecule has 0 aliphatic heterocycles. The lowest BCUT2D eigenvalue weighted by Gasteiger charge is -2.27. The fourth-order valence-corrected chi connectivity index (χ4v) is 6.16. The number of rotatable bonds is 16. The molecule has 1 saturated carbocycles. The number of allylic oxidation sites excluding steroid dienone is 2. The van der Waals surface area contributed by atoms with Crippen LogP contribution in [-0.4, -0.2) is 54.1 Å². The Balaban J connectivity index is 1.62.